The minimum atomic E-state index is -0.277. The largest absolute Gasteiger partial charge is 0.452 e. The van der Waals surface area contributed by atoms with Crippen molar-refractivity contribution in [2.24, 2.45) is 0 Å². The van der Waals surface area contributed by atoms with Gasteiger partial charge >= 0.3 is 0 Å². The van der Waals surface area contributed by atoms with Crippen LogP contribution in [0.25, 0.3) is 17.0 Å². The van der Waals surface area contributed by atoms with E-state index in [0.29, 0.717) is 22.1 Å². The van der Waals surface area contributed by atoms with Crippen molar-refractivity contribution < 1.29 is 14.0 Å². The number of hydrogen-bond donors (Lipinski definition) is 0. The molecule has 3 rings (SSSR count). The normalized spacial score (nSPS) is 13.1. The summed E-state index contributed by atoms with van der Waals surface area (Å²) in [5, 5.41) is 0.713. The van der Waals surface area contributed by atoms with Gasteiger partial charge in [0, 0.05) is 16.5 Å². The van der Waals surface area contributed by atoms with Crippen LogP contribution in [0.4, 0.5) is 0 Å². The third-order valence-electron chi connectivity index (χ3n) is 2.83. The SMILES string of the molecule is C=CC(=O)c1oc2cccc3c2c1C=CC3=O. The molecular formula is C14H8O3. The van der Waals surface area contributed by atoms with E-state index >= 15 is 0 Å². The van der Waals surface area contributed by atoms with Gasteiger partial charge in [-0.05, 0) is 24.3 Å². The van der Waals surface area contributed by atoms with Crippen molar-refractivity contribution in [2.45, 2.75) is 0 Å². The van der Waals surface area contributed by atoms with Crippen molar-refractivity contribution in [1.29, 1.82) is 0 Å². The first kappa shape index (κ1) is 9.78. The Morgan fingerprint density at radius 3 is 2.88 bits per heavy atom. The van der Waals surface area contributed by atoms with Crippen molar-refractivity contribution in [3.8, 4) is 0 Å². The summed E-state index contributed by atoms with van der Waals surface area (Å²) in [6.45, 7) is 3.44. The van der Waals surface area contributed by atoms with Crippen LogP contribution in [0.5, 0.6) is 0 Å². The zero-order chi connectivity index (χ0) is 12.0. The van der Waals surface area contributed by atoms with E-state index < -0.39 is 0 Å². The Balaban J connectivity index is 2.45. The molecule has 2 aromatic rings. The van der Waals surface area contributed by atoms with Gasteiger partial charge in [0.25, 0.3) is 0 Å². The molecule has 1 aliphatic rings. The molecule has 0 spiro atoms. The van der Waals surface area contributed by atoms with Crippen molar-refractivity contribution in [3.63, 3.8) is 0 Å². The monoisotopic (exact) mass is 224 g/mol. The van der Waals surface area contributed by atoms with Crippen LogP contribution < -0.4 is 0 Å². The van der Waals surface area contributed by atoms with E-state index in [-0.39, 0.29) is 17.3 Å². The average Bonchev–Trinajstić information content (AvgIpc) is 2.73. The van der Waals surface area contributed by atoms with Gasteiger partial charge in [-0.15, -0.1) is 0 Å². The molecule has 1 aliphatic carbocycles. The van der Waals surface area contributed by atoms with Gasteiger partial charge in [0.05, 0.1) is 0 Å². The van der Waals surface area contributed by atoms with Crippen LogP contribution in [0.2, 0.25) is 0 Å². The summed E-state index contributed by atoms with van der Waals surface area (Å²) in [6.07, 6.45) is 4.28. The van der Waals surface area contributed by atoms with E-state index in [9.17, 15) is 9.59 Å². The van der Waals surface area contributed by atoms with E-state index in [1.165, 1.54) is 12.2 Å². The number of hydrogen-bond acceptors (Lipinski definition) is 3. The van der Waals surface area contributed by atoms with Gasteiger partial charge in [0.2, 0.25) is 5.78 Å². The molecule has 82 valence electrons. The summed E-state index contributed by atoms with van der Waals surface area (Å²) in [7, 11) is 0. The van der Waals surface area contributed by atoms with Crippen LogP contribution >= 0.6 is 0 Å². The highest BCUT2D eigenvalue weighted by Gasteiger charge is 2.23. The highest BCUT2D eigenvalue weighted by Crippen LogP contribution is 2.33. The molecule has 0 unspecified atom stereocenters. The lowest BCUT2D eigenvalue weighted by Gasteiger charge is -2.04. The maximum Gasteiger partial charge on any atom is 0.221 e. The molecule has 0 saturated carbocycles. The molecule has 0 bridgehead atoms. The molecule has 0 radical (unpaired) electrons. The lowest BCUT2D eigenvalue weighted by Crippen LogP contribution is -2.01. The Morgan fingerprint density at radius 2 is 2.12 bits per heavy atom. The van der Waals surface area contributed by atoms with Crippen molar-refractivity contribution in [1.82, 2.24) is 0 Å². The number of benzene rings is 1. The van der Waals surface area contributed by atoms with Gasteiger partial charge < -0.3 is 4.42 Å². The highest BCUT2D eigenvalue weighted by molar-refractivity contribution is 6.22. The first-order valence-electron chi connectivity index (χ1n) is 5.17. The van der Waals surface area contributed by atoms with E-state index in [2.05, 4.69) is 6.58 Å². The molecule has 1 aromatic carbocycles. The number of carbonyl (C=O) groups is 2. The summed E-state index contributed by atoms with van der Waals surface area (Å²) in [4.78, 5) is 23.3. The lowest BCUT2D eigenvalue weighted by molar-refractivity contribution is 0.102. The van der Waals surface area contributed by atoms with Gasteiger partial charge in [-0.25, -0.2) is 0 Å². The van der Waals surface area contributed by atoms with Crippen molar-refractivity contribution in [3.05, 3.63) is 53.8 Å². The quantitative estimate of drug-likeness (QED) is 0.582. The predicted octanol–water partition coefficient (Wildman–Crippen LogP) is 3.01. The second kappa shape index (κ2) is 3.28. The molecule has 1 aromatic heterocycles. The molecule has 1 heterocycles. The van der Waals surface area contributed by atoms with E-state index in [1.807, 2.05) is 0 Å². The fourth-order valence-corrected chi connectivity index (χ4v) is 2.06. The molecule has 0 fully saturated rings. The maximum absolute atomic E-state index is 11.7. The number of rotatable bonds is 2. The molecule has 3 nitrogen and oxygen atoms in total. The van der Waals surface area contributed by atoms with Crippen LogP contribution in [0.15, 0.2) is 41.3 Å². The Kier molecular flexibility index (Phi) is 1.89. The number of furan rings is 1. The zero-order valence-corrected chi connectivity index (χ0v) is 8.90. The molecular weight excluding hydrogens is 216 g/mol. The zero-order valence-electron chi connectivity index (χ0n) is 8.90. The van der Waals surface area contributed by atoms with Crippen LogP contribution in [0, 0.1) is 0 Å². The second-order valence-corrected chi connectivity index (χ2v) is 3.79. The Morgan fingerprint density at radius 1 is 1.29 bits per heavy atom. The summed E-state index contributed by atoms with van der Waals surface area (Å²) in [6, 6.07) is 5.22. The molecule has 0 aliphatic heterocycles. The third kappa shape index (κ3) is 1.22. The fraction of sp³-hybridized carbons (Fsp3) is 0. The van der Waals surface area contributed by atoms with Gasteiger partial charge in [-0.1, -0.05) is 18.7 Å². The van der Waals surface area contributed by atoms with Crippen molar-refractivity contribution in [2.75, 3.05) is 0 Å². The number of carbonyl (C=O) groups excluding carboxylic acids is 2. The summed E-state index contributed by atoms with van der Waals surface area (Å²) >= 11 is 0. The van der Waals surface area contributed by atoms with Gasteiger partial charge in [-0.3, -0.25) is 9.59 Å². The van der Waals surface area contributed by atoms with Gasteiger partial charge in [0.1, 0.15) is 5.58 Å². The summed E-state index contributed by atoms with van der Waals surface area (Å²) in [5.74, 6) is -0.103. The van der Waals surface area contributed by atoms with Gasteiger partial charge in [-0.2, -0.15) is 0 Å². The van der Waals surface area contributed by atoms with E-state index in [4.69, 9.17) is 4.42 Å². The smallest absolute Gasteiger partial charge is 0.221 e. The van der Waals surface area contributed by atoms with E-state index in [0.717, 1.165) is 0 Å². The maximum atomic E-state index is 11.7. The molecule has 3 heteroatoms. The average molecular weight is 224 g/mol. The Labute approximate surface area is 97.0 Å². The molecule has 0 amide bonds. The first-order chi connectivity index (χ1) is 8.22. The topological polar surface area (TPSA) is 47.3 Å². The van der Waals surface area contributed by atoms with Gasteiger partial charge in [0.15, 0.2) is 11.5 Å². The summed E-state index contributed by atoms with van der Waals surface area (Å²) in [5.41, 5.74) is 1.80. The first-order valence-corrected chi connectivity index (χ1v) is 5.17. The molecule has 17 heavy (non-hydrogen) atoms. The number of ketones is 2. The second-order valence-electron chi connectivity index (χ2n) is 3.79. The lowest BCUT2D eigenvalue weighted by atomic mass is 9.95. The predicted molar refractivity (Wildman–Crippen MR) is 64.1 cm³/mol. The van der Waals surface area contributed by atoms with Crippen LogP contribution in [-0.2, 0) is 0 Å². The standard InChI is InChI=1S/C14H8O3/c1-2-10(15)14-9-6-7-11(16)8-4-3-5-12(17-14)13(8)9/h2-7H,1H2. The third-order valence-corrected chi connectivity index (χ3v) is 2.83. The Hall–Kier alpha value is -2.42. The van der Waals surface area contributed by atoms with Crippen LogP contribution in [0.3, 0.4) is 0 Å². The minimum absolute atomic E-state index is 0.0681. The van der Waals surface area contributed by atoms with Crippen LogP contribution in [0.1, 0.15) is 26.5 Å². The summed E-state index contributed by atoms with van der Waals surface area (Å²) < 4.78 is 5.49. The highest BCUT2D eigenvalue weighted by atomic mass is 16.3. The van der Waals surface area contributed by atoms with E-state index in [1.54, 1.807) is 24.3 Å². The molecule has 0 saturated heterocycles. The fourth-order valence-electron chi connectivity index (χ4n) is 2.06. The number of allylic oxidation sites excluding steroid dienone is 2. The minimum Gasteiger partial charge on any atom is -0.452 e. The Bertz CT molecular complexity index is 702. The van der Waals surface area contributed by atoms with Crippen molar-refractivity contribution >= 4 is 28.6 Å². The molecule has 0 N–H and O–H groups in total. The van der Waals surface area contributed by atoms with Crippen LogP contribution in [-0.4, -0.2) is 11.6 Å². The molecule has 0 atom stereocenters.